The van der Waals surface area contributed by atoms with Crippen molar-refractivity contribution in [2.75, 3.05) is 31.1 Å². The van der Waals surface area contributed by atoms with Gasteiger partial charge in [0, 0.05) is 0 Å². The van der Waals surface area contributed by atoms with E-state index in [1.54, 1.807) is 17.0 Å². The molecule has 7 nitrogen and oxygen atoms in total. The molecule has 0 saturated carbocycles. The molecule has 2 aromatic rings. The topological polar surface area (TPSA) is 75.3 Å². The fourth-order valence-electron chi connectivity index (χ4n) is 4.25. The van der Waals surface area contributed by atoms with Crippen molar-refractivity contribution in [3.05, 3.63) is 53.5 Å². The lowest BCUT2D eigenvalue weighted by atomic mass is 10.1. The first-order valence-electron chi connectivity index (χ1n) is 9.57. The fraction of sp³-hybridized carbons (Fsp3) is 0.381. The Balaban J connectivity index is 1.46. The number of carbonyl (C=O) groups is 3. The molecule has 3 heterocycles. The van der Waals surface area contributed by atoms with Crippen molar-refractivity contribution in [3.8, 4) is 0 Å². The van der Waals surface area contributed by atoms with E-state index in [9.17, 15) is 14.4 Å². The van der Waals surface area contributed by atoms with Crippen LogP contribution in [0.4, 0.5) is 5.69 Å². The Labute approximate surface area is 163 Å². The molecule has 146 valence electrons. The molecule has 4 rings (SSSR count). The number of nitrogens with zero attached hydrogens (tertiary/aromatic N) is 2. The third-order valence-corrected chi connectivity index (χ3v) is 5.73. The van der Waals surface area contributed by atoms with E-state index < -0.39 is 0 Å². The molecular weight excluding hydrogens is 358 g/mol. The van der Waals surface area contributed by atoms with Crippen LogP contribution in [0.3, 0.4) is 0 Å². The van der Waals surface area contributed by atoms with Crippen molar-refractivity contribution >= 4 is 23.4 Å². The van der Waals surface area contributed by atoms with Gasteiger partial charge in [-0.15, -0.1) is 0 Å². The predicted octanol–water partition coefficient (Wildman–Crippen LogP) is 0.569. The van der Waals surface area contributed by atoms with E-state index in [0.717, 1.165) is 16.0 Å². The largest absolute Gasteiger partial charge is 0.459 e. The first-order chi connectivity index (χ1) is 13.5. The van der Waals surface area contributed by atoms with Crippen LogP contribution < -0.4 is 9.80 Å². The lowest BCUT2D eigenvalue weighted by Gasteiger charge is -2.34. The van der Waals surface area contributed by atoms with Crippen LogP contribution in [0.1, 0.15) is 28.1 Å². The molecule has 0 radical (unpaired) electrons. The number of carbonyl (C=O) groups excluding carboxylic acids is 3. The van der Waals surface area contributed by atoms with E-state index in [-0.39, 0.29) is 30.2 Å². The van der Waals surface area contributed by atoms with Crippen LogP contribution in [0.5, 0.6) is 0 Å². The Morgan fingerprint density at radius 2 is 1.75 bits per heavy atom. The maximum atomic E-state index is 13.1. The van der Waals surface area contributed by atoms with Crippen molar-refractivity contribution in [2.45, 2.75) is 26.3 Å². The van der Waals surface area contributed by atoms with Gasteiger partial charge >= 0.3 is 0 Å². The number of anilines is 1. The van der Waals surface area contributed by atoms with E-state index in [2.05, 4.69) is 0 Å². The summed E-state index contributed by atoms with van der Waals surface area (Å²) in [4.78, 5) is 42.4. The summed E-state index contributed by atoms with van der Waals surface area (Å²) < 4.78 is 5.19. The van der Waals surface area contributed by atoms with Gasteiger partial charge in [-0.05, 0) is 37.1 Å². The maximum Gasteiger partial charge on any atom is 0.292 e. The fourth-order valence-corrected chi connectivity index (χ4v) is 4.25. The van der Waals surface area contributed by atoms with E-state index >= 15 is 0 Å². The van der Waals surface area contributed by atoms with Gasteiger partial charge in [0.1, 0.15) is 0 Å². The van der Waals surface area contributed by atoms with Gasteiger partial charge in [0.15, 0.2) is 11.8 Å². The summed E-state index contributed by atoms with van der Waals surface area (Å²) in [5.74, 6) is -0.0796. The van der Waals surface area contributed by atoms with Crippen molar-refractivity contribution in [1.29, 1.82) is 0 Å². The average Bonchev–Trinajstić information content (AvgIpc) is 3.31. The highest BCUT2D eigenvalue weighted by atomic mass is 16.3. The monoisotopic (exact) mass is 382 g/mol. The Hall–Kier alpha value is -2.93. The third kappa shape index (κ3) is 3.11. The molecule has 1 N–H and O–H groups in total. The highest BCUT2D eigenvalue weighted by molar-refractivity contribution is 6.22. The number of aryl methyl sites for hydroxylation is 2. The lowest BCUT2D eigenvalue weighted by molar-refractivity contribution is -0.918. The second-order valence-corrected chi connectivity index (χ2v) is 7.49. The lowest BCUT2D eigenvalue weighted by Crippen LogP contribution is -3.19. The minimum atomic E-state index is -0.382. The number of hydrogen-bond acceptors (Lipinski definition) is 4. The Morgan fingerprint density at radius 3 is 2.36 bits per heavy atom. The maximum absolute atomic E-state index is 13.1. The van der Waals surface area contributed by atoms with Crippen LogP contribution in [0.2, 0.25) is 0 Å². The number of benzene rings is 1. The molecule has 2 saturated heterocycles. The Bertz CT molecular complexity index is 893. The van der Waals surface area contributed by atoms with Crippen molar-refractivity contribution in [2.24, 2.45) is 0 Å². The molecule has 1 atom stereocenters. The minimum absolute atomic E-state index is 0.130. The predicted molar refractivity (Wildman–Crippen MR) is 102 cm³/mol. The molecule has 0 bridgehead atoms. The Morgan fingerprint density at radius 1 is 1.07 bits per heavy atom. The van der Waals surface area contributed by atoms with Crippen LogP contribution in [0, 0.1) is 13.8 Å². The van der Waals surface area contributed by atoms with E-state index in [4.69, 9.17) is 4.42 Å². The SMILES string of the molecule is Cc1cccc(C)c1N1C(=O)C[C@H]([NH+]2CCN(C(=O)c3ccco3)CC2)C1=O. The number of furan rings is 1. The summed E-state index contributed by atoms with van der Waals surface area (Å²) >= 11 is 0. The van der Waals surface area contributed by atoms with Gasteiger partial charge in [0.2, 0.25) is 5.91 Å². The summed E-state index contributed by atoms with van der Waals surface area (Å²) in [6.07, 6.45) is 1.70. The summed E-state index contributed by atoms with van der Waals surface area (Å²) in [6, 6.07) is 8.73. The number of amides is 3. The minimum Gasteiger partial charge on any atom is -0.459 e. The summed E-state index contributed by atoms with van der Waals surface area (Å²) in [5.41, 5.74) is 2.56. The molecule has 2 aliphatic heterocycles. The van der Waals surface area contributed by atoms with E-state index in [0.29, 0.717) is 37.6 Å². The number of imide groups is 1. The molecule has 0 aliphatic carbocycles. The molecule has 7 heteroatoms. The molecule has 3 amide bonds. The normalized spacial score (nSPS) is 20.9. The molecule has 0 spiro atoms. The summed E-state index contributed by atoms with van der Waals surface area (Å²) in [6.45, 7) is 6.18. The van der Waals surface area contributed by atoms with E-state index in [1.807, 2.05) is 32.0 Å². The number of nitrogens with one attached hydrogen (secondary N) is 1. The zero-order chi connectivity index (χ0) is 19.8. The number of para-hydroxylation sites is 1. The van der Waals surface area contributed by atoms with Gasteiger partial charge in [-0.3, -0.25) is 14.4 Å². The van der Waals surface area contributed by atoms with Crippen LogP contribution in [-0.4, -0.2) is 54.8 Å². The number of hydrogen-bond donors (Lipinski definition) is 1. The van der Waals surface area contributed by atoms with Crippen molar-refractivity contribution in [1.82, 2.24) is 4.90 Å². The molecule has 2 aliphatic rings. The number of rotatable bonds is 3. The van der Waals surface area contributed by atoms with Crippen molar-refractivity contribution < 1.29 is 23.7 Å². The Kier molecular flexibility index (Phi) is 4.77. The van der Waals surface area contributed by atoms with Crippen molar-refractivity contribution in [3.63, 3.8) is 0 Å². The second-order valence-electron chi connectivity index (χ2n) is 7.49. The average molecular weight is 382 g/mol. The summed E-state index contributed by atoms with van der Waals surface area (Å²) in [7, 11) is 0. The molecule has 1 aromatic carbocycles. The molecular formula is C21H24N3O4+. The second kappa shape index (κ2) is 7.24. The molecule has 1 aromatic heterocycles. The van der Waals surface area contributed by atoms with Gasteiger partial charge in [0.05, 0.1) is 44.6 Å². The van der Waals surface area contributed by atoms with Crippen LogP contribution in [-0.2, 0) is 9.59 Å². The quantitative estimate of drug-likeness (QED) is 0.788. The van der Waals surface area contributed by atoms with Gasteiger partial charge in [-0.1, -0.05) is 18.2 Å². The van der Waals surface area contributed by atoms with Crippen LogP contribution >= 0.6 is 0 Å². The molecule has 0 unspecified atom stereocenters. The van der Waals surface area contributed by atoms with Gasteiger partial charge in [-0.2, -0.15) is 0 Å². The van der Waals surface area contributed by atoms with Crippen LogP contribution in [0.15, 0.2) is 41.0 Å². The summed E-state index contributed by atoms with van der Waals surface area (Å²) in [5, 5.41) is 0. The third-order valence-electron chi connectivity index (χ3n) is 5.73. The smallest absolute Gasteiger partial charge is 0.292 e. The first-order valence-corrected chi connectivity index (χ1v) is 9.57. The number of piperazine rings is 1. The number of quaternary nitrogens is 1. The van der Waals surface area contributed by atoms with Gasteiger partial charge in [-0.25, -0.2) is 4.90 Å². The standard InChI is InChI=1S/C21H23N3O4/c1-14-5-3-6-15(2)19(14)24-18(25)13-16(20(24)26)22-8-10-23(11-9-22)21(27)17-7-4-12-28-17/h3-7,12,16H,8-11,13H2,1-2H3/p+1/t16-/m0/s1. The van der Waals surface area contributed by atoms with Gasteiger partial charge in [0.25, 0.3) is 11.8 Å². The zero-order valence-corrected chi connectivity index (χ0v) is 16.1. The van der Waals surface area contributed by atoms with Gasteiger partial charge < -0.3 is 14.2 Å². The molecule has 2 fully saturated rings. The highest BCUT2D eigenvalue weighted by Gasteiger charge is 2.47. The first kappa shape index (κ1) is 18.4. The highest BCUT2D eigenvalue weighted by Crippen LogP contribution is 2.29. The van der Waals surface area contributed by atoms with Crippen LogP contribution in [0.25, 0.3) is 0 Å². The molecule has 28 heavy (non-hydrogen) atoms. The van der Waals surface area contributed by atoms with E-state index in [1.165, 1.54) is 11.2 Å². The zero-order valence-electron chi connectivity index (χ0n) is 16.1.